The average Bonchev–Trinajstić information content (AvgIpc) is 2.36. The van der Waals surface area contributed by atoms with Crippen molar-refractivity contribution in [3.8, 4) is 0 Å². The minimum Gasteiger partial charge on any atom is -0.396 e. The number of rotatable bonds is 2. The number of amides is 1. The molecule has 1 heterocycles. The smallest absolute Gasteiger partial charge is 0.259 e. The van der Waals surface area contributed by atoms with E-state index >= 15 is 0 Å². The zero-order chi connectivity index (χ0) is 14.0. The molecular formula is C12H8BrF2N3O. The second kappa shape index (κ2) is 5.31. The van der Waals surface area contributed by atoms with Crippen LogP contribution in [0.5, 0.6) is 0 Å². The monoisotopic (exact) mass is 327 g/mol. The molecule has 1 amide bonds. The minimum atomic E-state index is -0.962. The van der Waals surface area contributed by atoms with Crippen LogP contribution in [-0.4, -0.2) is 10.9 Å². The standard InChI is InChI=1S/C12H8BrF2N3O/c13-6-1-2-10(17-5-6)18-12(19)8-3-7(14)4-9(16)11(8)15/h1-5H,16H2,(H,17,18,19). The SMILES string of the molecule is Nc1cc(F)cc(C(=O)Nc2ccc(Br)cn2)c1F. The van der Waals surface area contributed by atoms with Crippen molar-refractivity contribution in [3.05, 3.63) is 52.1 Å². The second-order valence-corrected chi connectivity index (χ2v) is 4.59. The summed E-state index contributed by atoms with van der Waals surface area (Å²) in [5, 5.41) is 2.35. The van der Waals surface area contributed by atoms with Crippen molar-refractivity contribution in [2.45, 2.75) is 0 Å². The van der Waals surface area contributed by atoms with Crippen LogP contribution in [0.25, 0.3) is 0 Å². The Labute approximate surface area is 115 Å². The van der Waals surface area contributed by atoms with Crippen LogP contribution in [0, 0.1) is 11.6 Å². The maximum absolute atomic E-state index is 13.6. The molecule has 3 N–H and O–H groups in total. The van der Waals surface area contributed by atoms with E-state index in [1.165, 1.54) is 12.3 Å². The molecule has 0 unspecified atom stereocenters. The number of nitrogens with zero attached hydrogens (tertiary/aromatic N) is 1. The van der Waals surface area contributed by atoms with E-state index in [0.717, 1.165) is 16.6 Å². The van der Waals surface area contributed by atoms with Crippen LogP contribution in [0.4, 0.5) is 20.3 Å². The van der Waals surface area contributed by atoms with Crippen LogP contribution >= 0.6 is 15.9 Å². The van der Waals surface area contributed by atoms with Gasteiger partial charge in [-0.05, 0) is 40.2 Å². The van der Waals surface area contributed by atoms with Gasteiger partial charge in [0, 0.05) is 10.7 Å². The normalized spacial score (nSPS) is 10.3. The van der Waals surface area contributed by atoms with E-state index in [1.807, 2.05) is 0 Å². The molecule has 0 radical (unpaired) electrons. The summed E-state index contributed by atoms with van der Waals surface area (Å²) in [4.78, 5) is 15.7. The number of anilines is 2. The summed E-state index contributed by atoms with van der Waals surface area (Å²) >= 11 is 3.19. The number of halogens is 3. The zero-order valence-corrected chi connectivity index (χ0v) is 11.0. The number of carbonyl (C=O) groups excluding carboxylic acids is 1. The molecule has 19 heavy (non-hydrogen) atoms. The fourth-order valence-corrected chi connectivity index (χ4v) is 1.64. The predicted octanol–water partition coefficient (Wildman–Crippen LogP) is 2.96. The topological polar surface area (TPSA) is 68.0 Å². The lowest BCUT2D eigenvalue weighted by molar-refractivity contribution is 0.102. The average molecular weight is 328 g/mol. The summed E-state index contributed by atoms with van der Waals surface area (Å²) < 4.78 is 27.5. The van der Waals surface area contributed by atoms with Gasteiger partial charge in [0.2, 0.25) is 0 Å². The number of hydrogen-bond acceptors (Lipinski definition) is 3. The molecule has 0 aliphatic heterocycles. The summed E-state index contributed by atoms with van der Waals surface area (Å²) in [6.45, 7) is 0. The zero-order valence-electron chi connectivity index (χ0n) is 9.45. The number of benzene rings is 1. The molecule has 0 atom stereocenters. The van der Waals surface area contributed by atoms with Gasteiger partial charge >= 0.3 is 0 Å². The summed E-state index contributed by atoms with van der Waals surface area (Å²) in [7, 11) is 0. The lowest BCUT2D eigenvalue weighted by Crippen LogP contribution is -2.16. The fraction of sp³-hybridized carbons (Fsp3) is 0. The van der Waals surface area contributed by atoms with Crippen molar-refractivity contribution < 1.29 is 13.6 Å². The highest BCUT2D eigenvalue weighted by Gasteiger charge is 2.16. The maximum atomic E-state index is 13.6. The van der Waals surface area contributed by atoms with Crippen LogP contribution in [0.1, 0.15) is 10.4 Å². The van der Waals surface area contributed by atoms with E-state index in [2.05, 4.69) is 26.2 Å². The van der Waals surface area contributed by atoms with E-state index in [1.54, 1.807) is 6.07 Å². The molecule has 7 heteroatoms. The largest absolute Gasteiger partial charge is 0.396 e. The molecule has 1 aromatic heterocycles. The lowest BCUT2D eigenvalue weighted by atomic mass is 10.1. The van der Waals surface area contributed by atoms with Gasteiger partial charge in [-0.25, -0.2) is 13.8 Å². The van der Waals surface area contributed by atoms with Gasteiger partial charge in [0.05, 0.1) is 11.3 Å². The summed E-state index contributed by atoms with van der Waals surface area (Å²) in [5.41, 5.74) is 4.36. The quantitative estimate of drug-likeness (QED) is 0.833. The van der Waals surface area contributed by atoms with Crippen LogP contribution in [-0.2, 0) is 0 Å². The molecule has 0 spiro atoms. The molecule has 0 saturated heterocycles. The van der Waals surface area contributed by atoms with Crippen LogP contribution < -0.4 is 11.1 Å². The Morgan fingerprint density at radius 3 is 2.68 bits per heavy atom. The van der Waals surface area contributed by atoms with Crippen molar-refractivity contribution >= 4 is 33.3 Å². The molecule has 0 fully saturated rings. The van der Waals surface area contributed by atoms with Crippen molar-refractivity contribution in [3.63, 3.8) is 0 Å². The van der Waals surface area contributed by atoms with Gasteiger partial charge in [-0.1, -0.05) is 0 Å². The van der Waals surface area contributed by atoms with Crippen LogP contribution in [0.2, 0.25) is 0 Å². The Morgan fingerprint density at radius 1 is 1.32 bits per heavy atom. The van der Waals surface area contributed by atoms with Crippen LogP contribution in [0.3, 0.4) is 0 Å². The molecule has 2 rings (SSSR count). The number of pyridine rings is 1. The van der Waals surface area contributed by atoms with Crippen LogP contribution in [0.15, 0.2) is 34.9 Å². The van der Waals surface area contributed by atoms with Crippen molar-refractivity contribution in [1.29, 1.82) is 0 Å². The molecule has 4 nitrogen and oxygen atoms in total. The molecule has 98 valence electrons. The summed E-state index contributed by atoms with van der Waals surface area (Å²) in [6.07, 6.45) is 1.46. The molecule has 1 aromatic carbocycles. The molecule has 0 aliphatic carbocycles. The van der Waals surface area contributed by atoms with E-state index < -0.39 is 28.8 Å². The molecular weight excluding hydrogens is 320 g/mol. The number of carbonyl (C=O) groups is 1. The number of aromatic nitrogens is 1. The molecule has 0 saturated carbocycles. The van der Waals surface area contributed by atoms with Gasteiger partial charge in [0.25, 0.3) is 5.91 Å². The van der Waals surface area contributed by atoms with Gasteiger partial charge in [0.15, 0.2) is 5.82 Å². The second-order valence-electron chi connectivity index (χ2n) is 3.67. The lowest BCUT2D eigenvalue weighted by Gasteiger charge is -2.07. The van der Waals surface area contributed by atoms with Crippen molar-refractivity contribution in [1.82, 2.24) is 4.98 Å². The first-order valence-electron chi connectivity index (χ1n) is 5.15. The number of nitrogen functional groups attached to an aromatic ring is 1. The number of hydrogen-bond donors (Lipinski definition) is 2. The fourth-order valence-electron chi connectivity index (χ4n) is 1.41. The van der Waals surface area contributed by atoms with E-state index in [9.17, 15) is 13.6 Å². The minimum absolute atomic E-state index is 0.218. The first-order chi connectivity index (χ1) is 8.97. The Hall–Kier alpha value is -2.02. The molecule has 2 aromatic rings. The summed E-state index contributed by atoms with van der Waals surface area (Å²) in [5.74, 6) is -2.35. The van der Waals surface area contributed by atoms with E-state index in [0.29, 0.717) is 0 Å². The van der Waals surface area contributed by atoms with E-state index in [4.69, 9.17) is 5.73 Å². The highest BCUT2D eigenvalue weighted by Crippen LogP contribution is 2.19. The van der Waals surface area contributed by atoms with Crippen molar-refractivity contribution in [2.24, 2.45) is 0 Å². The predicted molar refractivity (Wildman–Crippen MR) is 70.7 cm³/mol. The van der Waals surface area contributed by atoms with Gasteiger partial charge in [-0.2, -0.15) is 0 Å². The highest BCUT2D eigenvalue weighted by molar-refractivity contribution is 9.10. The maximum Gasteiger partial charge on any atom is 0.259 e. The van der Waals surface area contributed by atoms with Gasteiger partial charge in [-0.3, -0.25) is 4.79 Å². The van der Waals surface area contributed by atoms with Crippen molar-refractivity contribution in [2.75, 3.05) is 11.1 Å². The van der Waals surface area contributed by atoms with Gasteiger partial charge in [0.1, 0.15) is 11.6 Å². The molecule has 0 aliphatic rings. The first-order valence-corrected chi connectivity index (χ1v) is 5.94. The number of nitrogens with two attached hydrogens (primary N) is 1. The third-order valence-electron chi connectivity index (χ3n) is 2.28. The summed E-state index contributed by atoms with van der Waals surface area (Å²) in [6, 6.07) is 4.76. The third-order valence-corrected chi connectivity index (χ3v) is 2.75. The highest BCUT2D eigenvalue weighted by atomic mass is 79.9. The third kappa shape index (κ3) is 3.05. The first kappa shape index (κ1) is 13.4. The Kier molecular flexibility index (Phi) is 3.75. The van der Waals surface area contributed by atoms with E-state index in [-0.39, 0.29) is 5.82 Å². The Balaban J connectivity index is 2.27. The number of nitrogens with one attached hydrogen (secondary N) is 1. The Morgan fingerprint density at radius 2 is 2.05 bits per heavy atom. The Bertz CT molecular complexity index is 632. The molecule has 0 bridgehead atoms. The van der Waals surface area contributed by atoms with Gasteiger partial charge in [-0.15, -0.1) is 0 Å². The van der Waals surface area contributed by atoms with Gasteiger partial charge < -0.3 is 11.1 Å².